The predicted octanol–water partition coefficient (Wildman–Crippen LogP) is 2.74. The van der Waals surface area contributed by atoms with Crippen LogP contribution in [-0.2, 0) is 20.7 Å². The zero-order valence-electron chi connectivity index (χ0n) is 13.0. The SMILES string of the molecule is CC(C)(C)OC(=O)Cc1cccc(N2CCC(=O)CC2)c1. The molecular weight excluding hydrogens is 266 g/mol. The summed E-state index contributed by atoms with van der Waals surface area (Å²) in [5.41, 5.74) is 1.56. The minimum Gasteiger partial charge on any atom is -0.460 e. The van der Waals surface area contributed by atoms with Gasteiger partial charge in [0.25, 0.3) is 0 Å². The van der Waals surface area contributed by atoms with Crippen molar-refractivity contribution in [2.45, 2.75) is 45.6 Å². The fourth-order valence-corrected chi connectivity index (χ4v) is 2.42. The van der Waals surface area contributed by atoms with E-state index in [9.17, 15) is 9.59 Å². The lowest BCUT2D eigenvalue weighted by atomic mass is 10.1. The van der Waals surface area contributed by atoms with Crippen LogP contribution >= 0.6 is 0 Å². The molecule has 1 saturated heterocycles. The second-order valence-electron chi connectivity index (χ2n) is 6.46. The van der Waals surface area contributed by atoms with Crippen molar-refractivity contribution >= 4 is 17.4 Å². The van der Waals surface area contributed by atoms with Crippen LogP contribution in [0.5, 0.6) is 0 Å². The van der Waals surface area contributed by atoms with Gasteiger partial charge in [0, 0.05) is 31.6 Å². The molecule has 1 fully saturated rings. The fourth-order valence-electron chi connectivity index (χ4n) is 2.42. The fraction of sp³-hybridized carbons (Fsp3) is 0.529. The van der Waals surface area contributed by atoms with Gasteiger partial charge in [0.15, 0.2) is 0 Å². The number of hydrogen-bond acceptors (Lipinski definition) is 4. The van der Waals surface area contributed by atoms with Crippen molar-refractivity contribution in [1.29, 1.82) is 0 Å². The van der Waals surface area contributed by atoms with Gasteiger partial charge in [-0.1, -0.05) is 12.1 Å². The second kappa shape index (κ2) is 6.29. The van der Waals surface area contributed by atoms with E-state index in [1.54, 1.807) is 0 Å². The van der Waals surface area contributed by atoms with Gasteiger partial charge in [-0.2, -0.15) is 0 Å². The van der Waals surface area contributed by atoms with Gasteiger partial charge >= 0.3 is 5.97 Å². The van der Waals surface area contributed by atoms with Gasteiger partial charge in [-0.15, -0.1) is 0 Å². The molecule has 2 rings (SSSR count). The molecular formula is C17H23NO3. The summed E-state index contributed by atoms with van der Waals surface area (Å²) in [6, 6.07) is 7.92. The van der Waals surface area contributed by atoms with Crippen molar-refractivity contribution in [2.75, 3.05) is 18.0 Å². The summed E-state index contributed by atoms with van der Waals surface area (Å²) >= 11 is 0. The molecule has 0 spiro atoms. The number of carbonyl (C=O) groups excluding carboxylic acids is 2. The Labute approximate surface area is 126 Å². The topological polar surface area (TPSA) is 46.6 Å². The Kier molecular flexibility index (Phi) is 4.66. The highest BCUT2D eigenvalue weighted by molar-refractivity contribution is 5.81. The summed E-state index contributed by atoms with van der Waals surface area (Å²) < 4.78 is 5.34. The molecule has 0 amide bonds. The first kappa shape index (κ1) is 15.5. The van der Waals surface area contributed by atoms with Crippen molar-refractivity contribution in [2.24, 2.45) is 0 Å². The molecule has 0 N–H and O–H groups in total. The largest absolute Gasteiger partial charge is 0.460 e. The zero-order chi connectivity index (χ0) is 15.5. The molecule has 0 aromatic heterocycles. The van der Waals surface area contributed by atoms with E-state index >= 15 is 0 Å². The van der Waals surface area contributed by atoms with E-state index in [1.807, 2.05) is 45.0 Å². The van der Waals surface area contributed by atoms with E-state index < -0.39 is 5.60 Å². The lowest BCUT2D eigenvalue weighted by Gasteiger charge is -2.28. The molecule has 0 saturated carbocycles. The van der Waals surface area contributed by atoms with Crippen LogP contribution in [0.15, 0.2) is 24.3 Å². The van der Waals surface area contributed by atoms with Gasteiger partial charge in [0.05, 0.1) is 6.42 Å². The Morgan fingerprint density at radius 3 is 2.52 bits per heavy atom. The zero-order valence-corrected chi connectivity index (χ0v) is 13.0. The smallest absolute Gasteiger partial charge is 0.310 e. The molecule has 1 aliphatic heterocycles. The van der Waals surface area contributed by atoms with Crippen LogP contribution in [0, 0.1) is 0 Å². The van der Waals surface area contributed by atoms with E-state index in [0.29, 0.717) is 18.6 Å². The van der Waals surface area contributed by atoms with Crippen LogP contribution in [0.3, 0.4) is 0 Å². The number of nitrogens with zero attached hydrogens (tertiary/aromatic N) is 1. The maximum Gasteiger partial charge on any atom is 0.310 e. The highest BCUT2D eigenvalue weighted by Crippen LogP contribution is 2.20. The minimum absolute atomic E-state index is 0.214. The molecule has 114 valence electrons. The van der Waals surface area contributed by atoms with Gasteiger partial charge in [0.2, 0.25) is 0 Å². The van der Waals surface area contributed by atoms with Crippen molar-refractivity contribution in [3.63, 3.8) is 0 Å². The van der Waals surface area contributed by atoms with Gasteiger partial charge in [0.1, 0.15) is 11.4 Å². The van der Waals surface area contributed by atoms with Crippen LogP contribution in [0.2, 0.25) is 0 Å². The van der Waals surface area contributed by atoms with Gasteiger partial charge in [-0.25, -0.2) is 0 Å². The molecule has 0 aliphatic carbocycles. The summed E-state index contributed by atoms with van der Waals surface area (Å²) in [5, 5.41) is 0. The summed E-state index contributed by atoms with van der Waals surface area (Å²) in [5.74, 6) is 0.115. The Bertz CT molecular complexity index is 521. The van der Waals surface area contributed by atoms with Crippen molar-refractivity contribution in [3.8, 4) is 0 Å². The molecule has 1 aromatic rings. The van der Waals surface area contributed by atoms with E-state index in [0.717, 1.165) is 24.3 Å². The number of anilines is 1. The van der Waals surface area contributed by atoms with Crippen LogP contribution in [0.4, 0.5) is 5.69 Å². The predicted molar refractivity (Wildman–Crippen MR) is 82.4 cm³/mol. The van der Waals surface area contributed by atoms with Crippen LogP contribution in [0.25, 0.3) is 0 Å². The van der Waals surface area contributed by atoms with Crippen LogP contribution < -0.4 is 4.90 Å². The first-order valence-electron chi connectivity index (χ1n) is 7.41. The number of hydrogen-bond donors (Lipinski definition) is 0. The van der Waals surface area contributed by atoms with Crippen LogP contribution in [-0.4, -0.2) is 30.4 Å². The molecule has 0 bridgehead atoms. The molecule has 4 heteroatoms. The Balaban J connectivity index is 2.01. The highest BCUT2D eigenvalue weighted by atomic mass is 16.6. The summed E-state index contributed by atoms with van der Waals surface area (Å²) in [6.07, 6.45) is 1.49. The molecule has 0 unspecified atom stereocenters. The Morgan fingerprint density at radius 2 is 1.90 bits per heavy atom. The van der Waals surface area contributed by atoms with Gasteiger partial charge in [-0.3, -0.25) is 9.59 Å². The number of benzene rings is 1. The molecule has 4 nitrogen and oxygen atoms in total. The normalized spacial score (nSPS) is 16.0. The summed E-state index contributed by atoms with van der Waals surface area (Å²) in [4.78, 5) is 25.4. The second-order valence-corrected chi connectivity index (χ2v) is 6.46. The van der Waals surface area contributed by atoms with E-state index in [-0.39, 0.29) is 12.4 Å². The van der Waals surface area contributed by atoms with Gasteiger partial charge < -0.3 is 9.64 Å². The molecule has 1 aliphatic rings. The maximum absolute atomic E-state index is 11.9. The Hall–Kier alpha value is -1.84. The quantitative estimate of drug-likeness (QED) is 0.803. The molecule has 21 heavy (non-hydrogen) atoms. The molecule has 0 radical (unpaired) electrons. The first-order valence-corrected chi connectivity index (χ1v) is 7.41. The highest BCUT2D eigenvalue weighted by Gasteiger charge is 2.18. The monoisotopic (exact) mass is 289 g/mol. The number of ketones is 1. The van der Waals surface area contributed by atoms with E-state index in [1.165, 1.54) is 0 Å². The standard InChI is InChI=1S/C17H23NO3/c1-17(2,3)21-16(20)12-13-5-4-6-14(11-13)18-9-7-15(19)8-10-18/h4-6,11H,7-10,12H2,1-3H3. The third-order valence-corrected chi connectivity index (χ3v) is 3.37. The summed E-state index contributed by atoms with van der Waals surface area (Å²) in [6.45, 7) is 7.12. The van der Waals surface area contributed by atoms with Crippen molar-refractivity contribution in [3.05, 3.63) is 29.8 Å². The van der Waals surface area contributed by atoms with E-state index in [2.05, 4.69) is 4.90 Å². The maximum atomic E-state index is 11.9. The number of Topliss-reactive ketones (excluding diaryl/α,β-unsaturated/α-hetero) is 1. The van der Waals surface area contributed by atoms with Crippen molar-refractivity contribution in [1.82, 2.24) is 0 Å². The number of ether oxygens (including phenoxy) is 1. The summed E-state index contributed by atoms with van der Waals surface area (Å²) in [7, 11) is 0. The number of rotatable bonds is 3. The van der Waals surface area contributed by atoms with E-state index in [4.69, 9.17) is 4.74 Å². The Morgan fingerprint density at radius 1 is 1.24 bits per heavy atom. The van der Waals surface area contributed by atoms with Gasteiger partial charge in [-0.05, 0) is 38.5 Å². The lowest BCUT2D eigenvalue weighted by Crippen LogP contribution is -2.33. The number of carbonyl (C=O) groups is 2. The van der Waals surface area contributed by atoms with Crippen LogP contribution in [0.1, 0.15) is 39.2 Å². The third kappa shape index (κ3) is 4.88. The van der Waals surface area contributed by atoms with Crippen molar-refractivity contribution < 1.29 is 14.3 Å². The average molecular weight is 289 g/mol. The number of piperidine rings is 1. The molecule has 1 aromatic carbocycles. The third-order valence-electron chi connectivity index (χ3n) is 3.37. The minimum atomic E-state index is -0.456. The lowest BCUT2D eigenvalue weighted by molar-refractivity contribution is -0.153. The molecule has 0 atom stereocenters. The first-order chi connectivity index (χ1) is 9.83. The average Bonchev–Trinajstić information content (AvgIpc) is 2.37. The molecule has 1 heterocycles. The number of esters is 1.